The number of ether oxygens (including phenoxy) is 2. The summed E-state index contributed by atoms with van der Waals surface area (Å²) >= 11 is 1.25. The first-order chi connectivity index (χ1) is 15.5. The van der Waals surface area contributed by atoms with Gasteiger partial charge in [0.05, 0.1) is 34.9 Å². The number of methoxy groups -OCH3 is 1. The third-order valence-corrected chi connectivity index (χ3v) is 5.85. The lowest BCUT2D eigenvalue weighted by Gasteiger charge is -2.06. The predicted octanol–water partition coefficient (Wildman–Crippen LogP) is 3.37. The Labute approximate surface area is 186 Å². The van der Waals surface area contributed by atoms with Gasteiger partial charge in [-0.15, -0.1) is 0 Å². The second kappa shape index (κ2) is 9.29. The number of esters is 1. The normalized spacial score (nSPS) is 11.9. The van der Waals surface area contributed by atoms with Crippen molar-refractivity contribution in [2.45, 2.75) is 13.5 Å². The Kier molecular flexibility index (Phi) is 6.29. The van der Waals surface area contributed by atoms with E-state index in [9.17, 15) is 14.4 Å². The highest BCUT2D eigenvalue weighted by molar-refractivity contribution is 7.16. The number of aromatic nitrogens is 1. The van der Waals surface area contributed by atoms with Crippen LogP contribution in [0.15, 0.2) is 62.7 Å². The van der Waals surface area contributed by atoms with E-state index in [0.29, 0.717) is 41.1 Å². The fourth-order valence-corrected chi connectivity index (χ4v) is 4.36. The maximum Gasteiger partial charge on any atom is 0.337 e. The molecule has 0 unspecified atom stereocenters. The summed E-state index contributed by atoms with van der Waals surface area (Å²) in [6.07, 6.45) is 0. The van der Waals surface area contributed by atoms with Crippen molar-refractivity contribution in [3.8, 4) is 0 Å². The number of nitrogens with zero attached hydrogens (tertiary/aromatic N) is 2. The van der Waals surface area contributed by atoms with E-state index in [1.54, 1.807) is 42.5 Å². The van der Waals surface area contributed by atoms with Gasteiger partial charge in [-0.3, -0.25) is 9.59 Å². The molecule has 164 valence electrons. The number of thiazole rings is 1. The summed E-state index contributed by atoms with van der Waals surface area (Å²) in [5, 5.41) is 0.396. The van der Waals surface area contributed by atoms with Crippen LogP contribution in [0.1, 0.15) is 27.8 Å². The van der Waals surface area contributed by atoms with Gasteiger partial charge in [-0.25, -0.2) is 4.79 Å². The van der Waals surface area contributed by atoms with Crippen LogP contribution in [0.25, 0.3) is 21.2 Å². The highest BCUT2D eigenvalue weighted by Crippen LogP contribution is 2.20. The minimum atomic E-state index is -0.669. The number of rotatable bonds is 6. The third-order valence-electron chi connectivity index (χ3n) is 4.81. The van der Waals surface area contributed by atoms with Crippen LogP contribution in [-0.2, 0) is 16.0 Å². The number of carbonyl (C=O) groups excluding carboxylic acids is 2. The summed E-state index contributed by atoms with van der Waals surface area (Å²) in [6.45, 7) is 3.34. The first-order valence-corrected chi connectivity index (χ1v) is 10.7. The summed E-state index contributed by atoms with van der Waals surface area (Å²) < 4.78 is 18.5. The van der Waals surface area contributed by atoms with Crippen molar-refractivity contribution < 1.29 is 23.5 Å². The van der Waals surface area contributed by atoms with Crippen LogP contribution in [0, 0.1) is 0 Å². The molecule has 0 aliphatic carbocycles. The van der Waals surface area contributed by atoms with Crippen LogP contribution in [0.2, 0.25) is 0 Å². The van der Waals surface area contributed by atoms with Gasteiger partial charge in [0.25, 0.3) is 0 Å². The molecule has 0 spiro atoms. The quantitative estimate of drug-likeness (QED) is 0.328. The zero-order chi connectivity index (χ0) is 22.7. The molecular formula is C23H20N2O6S. The van der Waals surface area contributed by atoms with Crippen LogP contribution < -0.4 is 10.2 Å². The van der Waals surface area contributed by atoms with Gasteiger partial charge >= 0.3 is 11.9 Å². The molecule has 0 bridgehead atoms. The number of para-hydroxylation sites is 1. The molecule has 0 aliphatic rings. The molecule has 0 saturated heterocycles. The van der Waals surface area contributed by atoms with Crippen molar-refractivity contribution in [2.24, 2.45) is 4.99 Å². The molecule has 0 radical (unpaired) electrons. The van der Waals surface area contributed by atoms with Crippen molar-refractivity contribution in [2.75, 3.05) is 20.3 Å². The first-order valence-electron chi connectivity index (χ1n) is 9.93. The van der Waals surface area contributed by atoms with Crippen LogP contribution in [-0.4, -0.2) is 36.8 Å². The molecule has 9 heteroatoms. The Morgan fingerprint density at radius 3 is 2.75 bits per heavy atom. The second-order valence-corrected chi connectivity index (χ2v) is 7.80. The Morgan fingerprint density at radius 2 is 1.97 bits per heavy atom. The van der Waals surface area contributed by atoms with Gasteiger partial charge in [-0.05, 0) is 37.3 Å². The number of benzene rings is 2. The minimum Gasteiger partial charge on any atom is -0.465 e. The van der Waals surface area contributed by atoms with Crippen LogP contribution >= 0.6 is 11.3 Å². The van der Waals surface area contributed by atoms with Gasteiger partial charge in [0.2, 0.25) is 0 Å². The molecule has 0 N–H and O–H groups in total. The number of fused-ring (bicyclic) bond motifs is 2. The van der Waals surface area contributed by atoms with E-state index >= 15 is 0 Å². The predicted molar refractivity (Wildman–Crippen MR) is 120 cm³/mol. The maximum absolute atomic E-state index is 12.9. The number of carbonyl (C=O) groups is 2. The van der Waals surface area contributed by atoms with Crippen molar-refractivity contribution in [1.29, 1.82) is 0 Å². The zero-order valence-electron chi connectivity index (χ0n) is 17.5. The molecule has 0 atom stereocenters. The van der Waals surface area contributed by atoms with Gasteiger partial charge < -0.3 is 18.5 Å². The molecule has 32 heavy (non-hydrogen) atoms. The Balaban J connectivity index is 1.82. The molecule has 0 aliphatic heterocycles. The fourth-order valence-electron chi connectivity index (χ4n) is 3.27. The Bertz CT molecular complexity index is 1450. The van der Waals surface area contributed by atoms with Crippen LogP contribution in [0.3, 0.4) is 0 Å². The van der Waals surface area contributed by atoms with E-state index in [4.69, 9.17) is 13.9 Å². The topological polar surface area (TPSA) is 100 Å². The Morgan fingerprint density at radius 1 is 1.16 bits per heavy atom. The van der Waals surface area contributed by atoms with Gasteiger partial charge in [0, 0.05) is 19.2 Å². The van der Waals surface area contributed by atoms with Crippen molar-refractivity contribution >= 4 is 44.4 Å². The smallest absolute Gasteiger partial charge is 0.337 e. The number of hydrogen-bond donors (Lipinski definition) is 0. The fraction of sp³-hybridized carbons (Fsp3) is 0.217. The lowest BCUT2D eigenvalue weighted by Crippen LogP contribution is -2.20. The molecule has 4 aromatic rings. The number of amides is 1. The second-order valence-electron chi connectivity index (χ2n) is 6.80. The molecule has 0 fully saturated rings. The molecule has 2 aromatic carbocycles. The van der Waals surface area contributed by atoms with Gasteiger partial charge in [0.15, 0.2) is 16.0 Å². The first kappa shape index (κ1) is 21.7. The zero-order valence-corrected chi connectivity index (χ0v) is 18.3. The van der Waals surface area contributed by atoms with Crippen LogP contribution in [0.5, 0.6) is 0 Å². The minimum absolute atomic E-state index is 0.141. The SMILES string of the molecule is CCOCCn1c(=NC(=O)c2cc(=O)c3ccccc3o2)sc2cc(C(=O)OC)ccc21. The van der Waals surface area contributed by atoms with E-state index < -0.39 is 11.9 Å². The van der Waals surface area contributed by atoms with Gasteiger partial charge in [-0.2, -0.15) is 4.99 Å². The number of hydrogen-bond acceptors (Lipinski definition) is 7. The average Bonchev–Trinajstić information content (AvgIpc) is 3.14. The highest BCUT2D eigenvalue weighted by atomic mass is 32.1. The van der Waals surface area contributed by atoms with E-state index in [2.05, 4.69) is 4.99 Å². The summed E-state index contributed by atoms with van der Waals surface area (Å²) in [4.78, 5) is 41.8. The summed E-state index contributed by atoms with van der Waals surface area (Å²) in [7, 11) is 1.32. The van der Waals surface area contributed by atoms with Crippen molar-refractivity contribution in [3.05, 3.63) is 74.9 Å². The van der Waals surface area contributed by atoms with Gasteiger partial charge in [0.1, 0.15) is 5.58 Å². The monoisotopic (exact) mass is 452 g/mol. The standard InChI is InChI=1S/C23H20N2O6S/c1-3-30-11-10-25-16-9-8-14(22(28)29-2)12-20(16)32-23(25)24-21(27)19-13-17(26)15-6-4-5-7-18(15)31-19/h4-9,12-13H,3,10-11H2,1-2H3. The average molecular weight is 452 g/mol. The molecule has 2 aromatic heterocycles. The lowest BCUT2D eigenvalue weighted by atomic mass is 10.2. The van der Waals surface area contributed by atoms with Crippen molar-refractivity contribution in [3.63, 3.8) is 0 Å². The Hall–Kier alpha value is -3.56. The van der Waals surface area contributed by atoms with Crippen molar-refractivity contribution in [1.82, 2.24) is 4.57 Å². The molecule has 8 nitrogen and oxygen atoms in total. The van der Waals surface area contributed by atoms with E-state index in [1.165, 1.54) is 18.4 Å². The molecule has 2 heterocycles. The third kappa shape index (κ3) is 4.25. The van der Waals surface area contributed by atoms with E-state index in [-0.39, 0.29) is 11.2 Å². The lowest BCUT2D eigenvalue weighted by molar-refractivity contribution is 0.0600. The van der Waals surface area contributed by atoms with E-state index in [0.717, 1.165) is 16.3 Å². The molecule has 0 saturated carbocycles. The summed E-state index contributed by atoms with van der Waals surface area (Å²) in [5.41, 5.74) is 1.21. The molecule has 1 amide bonds. The molecular weight excluding hydrogens is 432 g/mol. The highest BCUT2D eigenvalue weighted by Gasteiger charge is 2.15. The summed E-state index contributed by atoms with van der Waals surface area (Å²) in [6, 6.07) is 13.0. The van der Waals surface area contributed by atoms with Crippen LogP contribution in [0.4, 0.5) is 0 Å². The van der Waals surface area contributed by atoms with E-state index in [1.807, 2.05) is 11.5 Å². The summed E-state index contributed by atoms with van der Waals surface area (Å²) in [5.74, 6) is -1.26. The maximum atomic E-state index is 12.9. The largest absolute Gasteiger partial charge is 0.465 e. The molecule has 4 rings (SSSR count). The van der Waals surface area contributed by atoms with Gasteiger partial charge in [-0.1, -0.05) is 23.5 Å².